The van der Waals surface area contributed by atoms with Gasteiger partial charge in [-0.3, -0.25) is 13.7 Å². The quantitative estimate of drug-likeness (QED) is 0.299. The first kappa shape index (κ1) is 25.0. The zero-order valence-electron chi connectivity index (χ0n) is 14.8. The molecule has 0 radical (unpaired) electrons. The lowest BCUT2D eigenvalue weighted by molar-refractivity contribution is -0.296. The molecule has 1 aromatic rings. The molecule has 0 spiro atoms. The van der Waals surface area contributed by atoms with Crippen molar-refractivity contribution in [1.29, 1.82) is 0 Å². The topological polar surface area (TPSA) is 220 Å². The van der Waals surface area contributed by atoms with Gasteiger partial charge in [-0.25, -0.2) is 12.5 Å². The SMILES string of the molecule is O=S(=O)(O)OC[C@H]1O[C@@](O)(Cc2ccccc2)C[C@@H](OS(=O)(=O)O)[C@@H]1OS(=O)(=O)O. The summed E-state index contributed by atoms with van der Waals surface area (Å²) < 4.78 is 111. The van der Waals surface area contributed by atoms with E-state index in [4.69, 9.17) is 18.4 Å². The maximum atomic E-state index is 11.2. The van der Waals surface area contributed by atoms with Crippen LogP contribution in [0.15, 0.2) is 30.3 Å². The number of hydrogen-bond acceptors (Lipinski definition) is 11. The molecular weight excluding hydrogens is 476 g/mol. The van der Waals surface area contributed by atoms with Crippen molar-refractivity contribution in [2.24, 2.45) is 0 Å². The van der Waals surface area contributed by atoms with Crippen LogP contribution in [0.25, 0.3) is 0 Å². The molecule has 2 rings (SSSR count). The third-order valence-electron chi connectivity index (χ3n) is 3.81. The fraction of sp³-hybridized carbons (Fsp3) is 0.538. The Bertz CT molecular complexity index is 1040. The van der Waals surface area contributed by atoms with Crippen molar-refractivity contribution in [1.82, 2.24) is 0 Å². The maximum Gasteiger partial charge on any atom is 0.397 e. The fourth-order valence-corrected chi connectivity index (χ4v) is 4.21. The molecule has 172 valence electrons. The van der Waals surface area contributed by atoms with Gasteiger partial charge in [0.15, 0.2) is 5.79 Å². The Morgan fingerprint density at radius 1 is 0.933 bits per heavy atom. The number of hydrogen-bond donors (Lipinski definition) is 4. The molecule has 1 aliphatic rings. The van der Waals surface area contributed by atoms with E-state index >= 15 is 0 Å². The van der Waals surface area contributed by atoms with Crippen molar-refractivity contribution in [2.45, 2.75) is 36.9 Å². The molecule has 0 amide bonds. The van der Waals surface area contributed by atoms with Crippen LogP contribution in [0.4, 0.5) is 0 Å². The second-order valence-electron chi connectivity index (χ2n) is 6.23. The van der Waals surface area contributed by atoms with Crippen molar-refractivity contribution >= 4 is 31.2 Å². The Hall–Kier alpha value is -1.25. The molecule has 0 aromatic heterocycles. The van der Waals surface area contributed by atoms with Gasteiger partial charge in [-0.15, -0.1) is 0 Å². The molecule has 1 fully saturated rings. The maximum absolute atomic E-state index is 11.2. The third kappa shape index (κ3) is 8.47. The van der Waals surface area contributed by atoms with Crippen LogP contribution < -0.4 is 0 Å². The van der Waals surface area contributed by atoms with Gasteiger partial charge in [0, 0.05) is 12.8 Å². The number of benzene rings is 1. The van der Waals surface area contributed by atoms with Crippen molar-refractivity contribution in [3.63, 3.8) is 0 Å². The van der Waals surface area contributed by atoms with Gasteiger partial charge in [0.25, 0.3) is 0 Å². The molecule has 1 heterocycles. The molecule has 0 saturated carbocycles. The van der Waals surface area contributed by atoms with E-state index in [1.165, 1.54) is 0 Å². The van der Waals surface area contributed by atoms with Crippen molar-refractivity contribution in [2.75, 3.05) is 6.61 Å². The van der Waals surface area contributed by atoms with E-state index in [1.807, 2.05) is 0 Å². The molecule has 17 heteroatoms. The summed E-state index contributed by atoms with van der Waals surface area (Å²) in [6.07, 6.45) is -7.13. The minimum atomic E-state index is -5.28. The molecular formula is C13H18O14S3. The summed E-state index contributed by atoms with van der Waals surface area (Å²) in [4.78, 5) is 0. The van der Waals surface area contributed by atoms with Crippen LogP contribution in [0.5, 0.6) is 0 Å². The number of ether oxygens (including phenoxy) is 1. The molecule has 1 saturated heterocycles. The van der Waals surface area contributed by atoms with Gasteiger partial charge < -0.3 is 9.84 Å². The molecule has 4 N–H and O–H groups in total. The van der Waals surface area contributed by atoms with Gasteiger partial charge in [0.2, 0.25) is 0 Å². The van der Waals surface area contributed by atoms with Crippen LogP contribution in [0, 0.1) is 0 Å². The van der Waals surface area contributed by atoms with Gasteiger partial charge in [-0.05, 0) is 5.56 Å². The minimum Gasteiger partial charge on any atom is -0.365 e. The zero-order chi connectivity index (χ0) is 22.8. The van der Waals surface area contributed by atoms with E-state index in [1.54, 1.807) is 30.3 Å². The van der Waals surface area contributed by atoms with Gasteiger partial charge in [-0.2, -0.15) is 25.3 Å². The highest BCUT2D eigenvalue weighted by Gasteiger charge is 2.51. The zero-order valence-corrected chi connectivity index (χ0v) is 17.3. The molecule has 0 bridgehead atoms. The number of rotatable bonds is 9. The highest BCUT2D eigenvalue weighted by Crippen LogP contribution is 2.35. The lowest BCUT2D eigenvalue weighted by Crippen LogP contribution is -2.59. The van der Waals surface area contributed by atoms with Crippen LogP contribution in [0.2, 0.25) is 0 Å². The Kier molecular flexibility index (Phi) is 7.58. The second kappa shape index (κ2) is 9.09. The summed E-state index contributed by atoms with van der Waals surface area (Å²) >= 11 is 0. The number of aliphatic hydroxyl groups is 1. The fourth-order valence-electron chi connectivity index (χ4n) is 2.89. The van der Waals surface area contributed by atoms with E-state index in [0.29, 0.717) is 5.56 Å². The van der Waals surface area contributed by atoms with Crippen LogP contribution in [0.3, 0.4) is 0 Å². The summed E-state index contributed by atoms with van der Waals surface area (Å²) in [5, 5.41) is 10.8. The van der Waals surface area contributed by atoms with Gasteiger partial charge in [0.05, 0.1) is 6.61 Å². The van der Waals surface area contributed by atoms with Crippen molar-refractivity contribution in [3.05, 3.63) is 35.9 Å². The lowest BCUT2D eigenvalue weighted by Gasteiger charge is -2.44. The van der Waals surface area contributed by atoms with Crippen LogP contribution in [0.1, 0.15) is 12.0 Å². The lowest BCUT2D eigenvalue weighted by atomic mass is 9.91. The molecule has 0 unspecified atom stereocenters. The molecule has 14 nitrogen and oxygen atoms in total. The van der Waals surface area contributed by atoms with E-state index in [9.17, 15) is 30.4 Å². The normalized spacial score (nSPS) is 28.3. The van der Waals surface area contributed by atoms with Crippen LogP contribution in [-0.4, -0.2) is 74.7 Å². The third-order valence-corrected chi connectivity index (χ3v) is 5.20. The van der Waals surface area contributed by atoms with Gasteiger partial charge >= 0.3 is 31.2 Å². The minimum absolute atomic E-state index is 0.319. The van der Waals surface area contributed by atoms with E-state index in [2.05, 4.69) is 12.5 Å². The van der Waals surface area contributed by atoms with Crippen LogP contribution >= 0.6 is 0 Å². The van der Waals surface area contributed by atoms with Crippen LogP contribution in [-0.2, 0) is 54.9 Å². The standard InChI is InChI=1S/C13H18O14S3/c14-13(6-9-4-2-1-3-5-9)7-10(26-29(18,19)20)12(27-30(21,22)23)11(25-13)8-24-28(15,16)17/h1-5,10-12,14H,6-8H2,(H,15,16,17)(H,18,19,20)(H,21,22,23)/t10-,11-,12+,13+/m1/s1. The average molecular weight is 494 g/mol. The first-order chi connectivity index (χ1) is 13.6. The average Bonchev–Trinajstić information content (AvgIpc) is 2.53. The summed E-state index contributed by atoms with van der Waals surface area (Å²) in [5.74, 6) is -2.29. The Morgan fingerprint density at radius 2 is 1.50 bits per heavy atom. The van der Waals surface area contributed by atoms with Gasteiger partial charge in [0.1, 0.15) is 18.3 Å². The predicted octanol–water partition coefficient (Wildman–Crippen LogP) is -1.10. The summed E-state index contributed by atoms with van der Waals surface area (Å²) in [5.41, 5.74) is 0.467. The molecule has 1 aliphatic heterocycles. The first-order valence-corrected chi connectivity index (χ1v) is 12.0. The summed E-state index contributed by atoms with van der Waals surface area (Å²) in [7, 11) is -15.6. The molecule has 30 heavy (non-hydrogen) atoms. The highest BCUT2D eigenvalue weighted by atomic mass is 32.3. The van der Waals surface area contributed by atoms with E-state index in [-0.39, 0.29) is 6.42 Å². The molecule has 0 aliphatic carbocycles. The van der Waals surface area contributed by atoms with Crippen molar-refractivity contribution in [3.8, 4) is 0 Å². The Balaban J connectivity index is 2.42. The summed E-state index contributed by atoms with van der Waals surface area (Å²) in [6.45, 7) is -1.18. The van der Waals surface area contributed by atoms with Gasteiger partial charge in [-0.1, -0.05) is 30.3 Å². The summed E-state index contributed by atoms with van der Waals surface area (Å²) in [6, 6.07) is 8.00. The largest absolute Gasteiger partial charge is 0.397 e. The Labute approximate surface area is 172 Å². The van der Waals surface area contributed by atoms with E-state index < -0.39 is 68.3 Å². The van der Waals surface area contributed by atoms with Crippen molar-refractivity contribution < 1.29 is 61.3 Å². The molecule has 1 aromatic carbocycles. The smallest absolute Gasteiger partial charge is 0.365 e. The molecule has 4 atom stereocenters. The Morgan fingerprint density at radius 3 is 2.00 bits per heavy atom. The first-order valence-electron chi connectivity index (χ1n) is 7.93. The second-order valence-corrected chi connectivity index (χ2v) is 9.42. The van der Waals surface area contributed by atoms with E-state index in [0.717, 1.165) is 0 Å². The predicted molar refractivity (Wildman–Crippen MR) is 94.9 cm³/mol. The highest BCUT2D eigenvalue weighted by molar-refractivity contribution is 7.81. The monoisotopic (exact) mass is 494 g/mol.